The Hall–Kier alpha value is -0.810. The van der Waals surface area contributed by atoms with E-state index in [2.05, 4.69) is 20.8 Å². The molecule has 1 fully saturated rings. The molecule has 92 valence electrons. The van der Waals surface area contributed by atoms with Crippen molar-refractivity contribution in [3.8, 4) is 0 Å². The maximum absolute atomic E-state index is 13.6. The minimum atomic E-state index is -0.773. The van der Waals surface area contributed by atoms with Crippen LogP contribution in [0.15, 0.2) is 12.1 Å². The van der Waals surface area contributed by atoms with Crippen molar-refractivity contribution < 1.29 is 13.6 Å². The van der Waals surface area contributed by atoms with Crippen LogP contribution in [-0.2, 0) is 6.54 Å². The van der Waals surface area contributed by atoms with Gasteiger partial charge in [0.1, 0.15) is 11.6 Å². The Balaban J connectivity index is 2.24. The van der Waals surface area contributed by atoms with Gasteiger partial charge in [-0.15, -0.1) is 0 Å². The zero-order valence-electron chi connectivity index (χ0n) is 9.18. The first kappa shape index (κ1) is 12.6. The van der Waals surface area contributed by atoms with Gasteiger partial charge in [0, 0.05) is 6.54 Å². The quantitative estimate of drug-likeness (QED) is 0.630. The van der Waals surface area contributed by atoms with E-state index in [1.807, 2.05) is 0 Å². The largest absolute Gasteiger partial charge is 0.299 e. The van der Waals surface area contributed by atoms with E-state index in [0.29, 0.717) is 12.1 Å². The summed E-state index contributed by atoms with van der Waals surface area (Å²) in [6.45, 7) is 2.47. The molecule has 2 nitrogen and oxygen atoms in total. The van der Waals surface area contributed by atoms with Crippen LogP contribution in [0, 0.1) is 11.6 Å². The maximum atomic E-state index is 13.6. The van der Waals surface area contributed by atoms with E-state index in [1.165, 1.54) is 12.1 Å². The summed E-state index contributed by atoms with van der Waals surface area (Å²) < 4.78 is 27.2. The molecule has 5 heteroatoms. The Bertz CT molecular complexity index is 423. The molecule has 0 saturated carbocycles. The van der Waals surface area contributed by atoms with Crippen molar-refractivity contribution in [3.05, 3.63) is 34.9 Å². The van der Waals surface area contributed by atoms with Crippen molar-refractivity contribution in [2.75, 3.05) is 18.4 Å². The number of alkyl halides is 1. The predicted octanol–water partition coefficient (Wildman–Crippen LogP) is 2.75. The summed E-state index contributed by atoms with van der Waals surface area (Å²) in [4.78, 5) is 13.4. The van der Waals surface area contributed by atoms with Gasteiger partial charge >= 0.3 is 0 Å². The number of benzene rings is 1. The monoisotopic (exact) mass is 303 g/mol. The second kappa shape index (κ2) is 5.23. The second-order valence-electron chi connectivity index (χ2n) is 4.12. The summed E-state index contributed by atoms with van der Waals surface area (Å²) in [6, 6.07) is 2.49. The molecular weight excluding hydrogens is 292 g/mol. The fourth-order valence-electron chi connectivity index (χ4n) is 1.85. The van der Waals surface area contributed by atoms with Gasteiger partial charge < -0.3 is 0 Å². The highest BCUT2D eigenvalue weighted by molar-refractivity contribution is 9.09. The molecule has 0 aromatic heterocycles. The van der Waals surface area contributed by atoms with Crippen LogP contribution in [0.4, 0.5) is 8.78 Å². The van der Waals surface area contributed by atoms with E-state index in [9.17, 15) is 13.6 Å². The van der Waals surface area contributed by atoms with E-state index < -0.39 is 23.0 Å². The number of hydrogen-bond donors (Lipinski definition) is 0. The summed E-state index contributed by atoms with van der Waals surface area (Å²) in [6.07, 6.45) is 1.13. The highest BCUT2D eigenvalue weighted by Gasteiger charge is 2.20. The lowest BCUT2D eigenvalue weighted by Crippen LogP contribution is -2.36. The third-order valence-electron chi connectivity index (χ3n) is 2.86. The Morgan fingerprint density at radius 3 is 2.29 bits per heavy atom. The smallest absolute Gasteiger partial charge is 0.179 e. The average molecular weight is 304 g/mol. The molecule has 1 aromatic rings. The summed E-state index contributed by atoms with van der Waals surface area (Å²) in [7, 11) is 0. The highest BCUT2D eigenvalue weighted by atomic mass is 79.9. The third-order valence-corrected chi connectivity index (χ3v) is 3.37. The van der Waals surface area contributed by atoms with Gasteiger partial charge in [0.2, 0.25) is 0 Å². The van der Waals surface area contributed by atoms with Gasteiger partial charge in [-0.1, -0.05) is 15.9 Å². The molecule has 0 unspecified atom stereocenters. The average Bonchev–Trinajstić information content (AvgIpc) is 2.22. The molecule has 2 rings (SSSR count). The Morgan fingerprint density at radius 1 is 1.29 bits per heavy atom. The van der Waals surface area contributed by atoms with Crippen LogP contribution in [0.3, 0.4) is 0 Å². The zero-order valence-corrected chi connectivity index (χ0v) is 10.8. The number of likely N-dealkylation sites (tertiary alicyclic amines) is 1. The third kappa shape index (κ3) is 2.72. The van der Waals surface area contributed by atoms with Crippen LogP contribution in [0.5, 0.6) is 0 Å². The molecule has 17 heavy (non-hydrogen) atoms. The number of carbonyl (C=O) groups is 1. The number of rotatable bonds is 4. The lowest BCUT2D eigenvalue weighted by atomic mass is 10.1. The van der Waals surface area contributed by atoms with Crippen LogP contribution < -0.4 is 0 Å². The van der Waals surface area contributed by atoms with Gasteiger partial charge in [-0.25, -0.2) is 8.78 Å². The molecule has 0 N–H and O–H groups in total. The van der Waals surface area contributed by atoms with Crippen LogP contribution >= 0.6 is 15.9 Å². The summed E-state index contributed by atoms with van der Waals surface area (Å²) >= 11 is 2.91. The Labute approximate surface area is 107 Å². The van der Waals surface area contributed by atoms with Crippen molar-refractivity contribution >= 4 is 21.7 Å². The van der Waals surface area contributed by atoms with Gasteiger partial charge in [-0.3, -0.25) is 9.69 Å². The molecule has 0 aliphatic carbocycles. The fourth-order valence-corrected chi connectivity index (χ4v) is 2.13. The van der Waals surface area contributed by atoms with Gasteiger partial charge in [0.25, 0.3) is 0 Å². The van der Waals surface area contributed by atoms with Crippen molar-refractivity contribution in [1.82, 2.24) is 4.90 Å². The maximum Gasteiger partial charge on any atom is 0.179 e. The number of halogens is 3. The van der Waals surface area contributed by atoms with Crippen molar-refractivity contribution in [1.29, 1.82) is 0 Å². The van der Waals surface area contributed by atoms with E-state index >= 15 is 0 Å². The SMILES string of the molecule is O=C(CBr)c1c(F)cc(CN2CCC2)cc1F. The first-order valence-electron chi connectivity index (χ1n) is 5.41. The minimum Gasteiger partial charge on any atom is -0.299 e. The van der Waals surface area contributed by atoms with E-state index in [1.54, 1.807) is 0 Å². The van der Waals surface area contributed by atoms with Gasteiger partial charge in [-0.2, -0.15) is 0 Å². The molecule has 0 radical (unpaired) electrons. The topological polar surface area (TPSA) is 20.3 Å². The van der Waals surface area contributed by atoms with Crippen molar-refractivity contribution in [2.45, 2.75) is 13.0 Å². The summed E-state index contributed by atoms with van der Waals surface area (Å²) in [5.74, 6) is -2.12. The van der Waals surface area contributed by atoms with Gasteiger partial charge in [0.05, 0.1) is 10.9 Å². The highest BCUT2D eigenvalue weighted by Crippen LogP contribution is 2.19. The minimum absolute atomic E-state index is 0.0771. The zero-order chi connectivity index (χ0) is 12.4. The summed E-state index contributed by atoms with van der Waals surface area (Å²) in [5.41, 5.74) is 0.125. The molecule has 1 aliphatic rings. The van der Waals surface area contributed by atoms with Crippen LogP contribution in [-0.4, -0.2) is 29.1 Å². The standard InChI is InChI=1S/C12H12BrF2NO/c13-6-11(17)12-9(14)4-8(5-10(12)15)7-16-2-1-3-16/h4-5H,1-3,6-7H2. The van der Waals surface area contributed by atoms with Crippen LogP contribution in [0.1, 0.15) is 22.3 Å². The van der Waals surface area contributed by atoms with E-state index in [-0.39, 0.29) is 5.33 Å². The van der Waals surface area contributed by atoms with Gasteiger partial charge in [-0.05, 0) is 37.2 Å². The number of nitrogens with zero attached hydrogens (tertiary/aromatic N) is 1. The molecular formula is C12H12BrF2NO. The van der Waals surface area contributed by atoms with Crippen molar-refractivity contribution in [3.63, 3.8) is 0 Å². The molecule has 1 heterocycles. The molecule has 1 aliphatic heterocycles. The predicted molar refractivity (Wildman–Crippen MR) is 64.4 cm³/mol. The van der Waals surface area contributed by atoms with Crippen LogP contribution in [0.2, 0.25) is 0 Å². The van der Waals surface area contributed by atoms with Gasteiger partial charge in [0.15, 0.2) is 5.78 Å². The van der Waals surface area contributed by atoms with E-state index in [4.69, 9.17) is 0 Å². The first-order chi connectivity index (χ1) is 8.11. The lowest BCUT2D eigenvalue weighted by Gasteiger charge is -2.30. The normalized spacial score (nSPS) is 15.7. The van der Waals surface area contributed by atoms with Crippen LogP contribution in [0.25, 0.3) is 0 Å². The fraction of sp³-hybridized carbons (Fsp3) is 0.417. The number of hydrogen-bond acceptors (Lipinski definition) is 2. The molecule has 0 bridgehead atoms. The lowest BCUT2D eigenvalue weighted by molar-refractivity contribution is 0.101. The second-order valence-corrected chi connectivity index (χ2v) is 4.68. The van der Waals surface area contributed by atoms with E-state index in [0.717, 1.165) is 19.5 Å². The molecule has 0 atom stereocenters. The molecule has 0 spiro atoms. The molecule has 1 saturated heterocycles. The van der Waals surface area contributed by atoms with Crippen molar-refractivity contribution in [2.24, 2.45) is 0 Å². The number of carbonyl (C=O) groups excluding carboxylic acids is 1. The first-order valence-corrected chi connectivity index (χ1v) is 6.53. The Kier molecular flexibility index (Phi) is 3.89. The Morgan fingerprint density at radius 2 is 1.88 bits per heavy atom. The summed E-state index contributed by atoms with van der Waals surface area (Å²) in [5, 5.41) is -0.0771. The molecule has 0 amide bonds. The number of Topliss-reactive ketones (excluding diaryl/α,β-unsaturated/α-hetero) is 1. The molecule has 1 aromatic carbocycles. The number of ketones is 1.